The van der Waals surface area contributed by atoms with Crippen molar-refractivity contribution in [1.29, 1.82) is 0 Å². The molecular formula is C18H22N2OS. The van der Waals surface area contributed by atoms with Crippen molar-refractivity contribution >= 4 is 28.7 Å². The molecule has 2 aromatic rings. The zero-order chi connectivity index (χ0) is 16.1. The minimum Gasteiger partial charge on any atom is -0.497 e. The summed E-state index contributed by atoms with van der Waals surface area (Å²) in [7, 11) is 1.66. The van der Waals surface area contributed by atoms with Gasteiger partial charge in [-0.3, -0.25) is 0 Å². The average molecular weight is 314 g/mol. The molecule has 0 fully saturated rings. The zero-order valence-electron chi connectivity index (χ0n) is 13.4. The van der Waals surface area contributed by atoms with Crippen LogP contribution in [-0.4, -0.2) is 12.2 Å². The Kier molecular flexibility index (Phi) is 5.39. The molecule has 0 aromatic heterocycles. The van der Waals surface area contributed by atoms with Crippen LogP contribution in [0.15, 0.2) is 42.5 Å². The number of anilines is 2. The van der Waals surface area contributed by atoms with Gasteiger partial charge in [0.1, 0.15) is 5.75 Å². The van der Waals surface area contributed by atoms with E-state index in [2.05, 4.69) is 36.6 Å². The largest absolute Gasteiger partial charge is 0.497 e. The second-order valence-electron chi connectivity index (χ2n) is 5.54. The van der Waals surface area contributed by atoms with Crippen molar-refractivity contribution in [1.82, 2.24) is 0 Å². The van der Waals surface area contributed by atoms with Gasteiger partial charge in [-0.25, -0.2) is 0 Å². The molecule has 0 aliphatic heterocycles. The van der Waals surface area contributed by atoms with Crippen LogP contribution in [0.2, 0.25) is 0 Å². The lowest BCUT2D eigenvalue weighted by Crippen LogP contribution is -2.19. The van der Waals surface area contributed by atoms with E-state index >= 15 is 0 Å². The van der Waals surface area contributed by atoms with Crippen LogP contribution >= 0.6 is 12.2 Å². The van der Waals surface area contributed by atoms with E-state index in [0.29, 0.717) is 11.0 Å². The highest BCUT2D eigenvalue weighted by Crippen LogP contribution is 2.22. The smallest absolute Gasteiger partial charge is 0.175 e. The number of methoxy groups -OCH3 is 1. The lowest BCUT2D eigenvalue weighted by Gasteiger charge is -2.14. The second kappa shape index (κ2) is 7.27. The summed E-state index contributed by atoms with van der Waals surface area (Å²) in [4.78, 5) is 0. The number of rotatable bonds is 4. The Hall–Kier alpha value is -2.07. The Bertz CT molecular complexity index is 651. The molecule has 0 atom stereocenters. The number of thiocarbonyl (C=S) groups is 1. The molecule has 0 saturated heterocycles. The van der Waals surface area contributed by atoms with E-state index < -0.39 is 0 Å². The maximum atomic E-state index is 5.37. The number of benzene rings is 2. The Morgan fingerprint density at radius 2 is 1.73 bits per heavy atom. The molecule has 0 amide bonds. The summed E-state index contributed by atoms with van der Waals surface area (Å²) in [6.45, 7) is 6.38. The second-order valence-corrected chi connectivity index (χ2v) is 5.94. The molecule has 0 unspecified atom stereocenters. The molecule has 0 spiro atoms. The first kappa shape index (κ1) is 16.3. The van der Waals surface area contributed by atoms with Crippen LogP contribution in [0.3, 0.4) is 0 Å². The van der Waals surface area contributed by atoms with E-state index in [1.165, 1.54) is 5.56 Å². The van der Waals surface area contributed by atoms with Crippen LogP contribution in [0.1, 0.15) is 30.9 Å². The summed E-state index contributed by atoms with van der Waals surface area (Å²) in [6.07, 6.45) is 0. The average Bonchev–Trinajstić information content (AvgIpc) is 2.49. The van der Waals surface area contributed by atoms with Gasteiger partial charge in [0, 0.05) is 11.4 Å². The first-order valence-corrected chi connectivity index (χ1v) is 7.73. The van der Waals surface area contributed by atoms with Crippen molar-refractivity contribution in [3.05, 3.63) is 53.6 Å². The van der Waals surface area contributed by atoms with Gasteiger partial charge in [0.15, 0.2) is 5.11 Å². The normalized spacial score (nSPS) is 10.4. The minimum absolute atomic E-state index is 0.529. The minimum atomic E-state index is 0.529. The van der Waals surface area contributed by atoms with Crippen molar-refractivity contribution in [3.8, 4) is 5.75 Å². The van der Waals surface area contributed by atoms with Crippen molar-refractivity contribution in [2.45, 2.75) is 26.7 Å². The van der Waals surface area contributed by atoms with Gasteiger partial charge in [-0.1, -0.05) is 26.0 Å². The van der Waals surface area contributed by atoms with Gasteiger partial charge in [0.2, 0.25) is 0 Å². The van der Waals surface area contributed by atoms with Crippen LogP contribution in [0.25, 0.3) is 0 Å². The Morgan fingerprint density at radius 1 is 1.05 bits per heavy atom. The highest BCUT2D eigenvalue weighted by molar-refractivity contribution is 7.80. The van der Waals surface area contributed by atoms with Crippen LogP contribution in [0.5, 0.6) is 5.75 Å². The fourth-order valence-electron chi connectivity index (χ4n) is 2.14. The fourth-order valence-corrected chi connectivity index (χ4v) is 2.37. The van der Waals surface area contributed by atoms with Gasteiger partial charge in [-0.15, -0.1) is 0 Å². The first-order valence-electron chi connectivity index (χ1n) is 7.32. The highest BCUT2D eigenvalue weighted by Gasteiger charge is 2.04. The summed E-state index contributed by atoms with van der Waals surface area (Å²) >= 11 is 5.37. The van der Waals surface area contributed by atoms with Crippen molar-refractivity contribution in [2.75, 3.05) is 17.7 Å². The summed E-state index contributed by atoms with van der Waals surface area (Å²) in [5.74, 6) is 1.37. The highest BCUT2D eigenvalue weighted by atomic mass is 32.1. The van der Waals surface area contributed by atoms with E-state index in [1.54, 1.807) is 7.11 Å². The predicted octanol–water partition coefficient (Wildman–Crippen LogP) is 4.94. The zero-order valence-corrected chi connectivity index (χ0v) is 14.3. The standard InChI is InChI=1S/C18H22N2OS/c1-12(2)14-5-7-15(8-6-14)19-18(22)20-17-10-9-16(21-4)11-13(17)3/h5-12H,1-4H3,(H2,19,20,22). The van der Waals surface area contributed by atoms with Crippen molar-refractivity contribution in [2.24, 2.45) is 0 Å². The summed E-state index contributed by atoms with van der Waals surface area (Å²) in [5.41, 5.74) is 4.35. The molecule has 2 aromatic carbocycles. The third-order valence-electron chi connectivity index (χ3n) is 3.52. The topological polar surface area (TPSA) is 33.3 Å². The van der Waals surface area contributed by atoms with Gasteiger partial charge in [-0.05, 0) is 66.5 Å². The summed E-state index contributed by atoms with van der Waals surface area (Å²) in [5, 5.41) is 6.99. The van der Waals surface area contributed by atoms with Gasteiger partial charge in [0.05, 0.1) is 7.11 Å². The number of aryl methyl sites for hydroxylation is 1. The molecular weight excluding hydrogens is 292 g/mol. The number of nitrogens with one attached hydrogen (secondary N) is 2. The SMILES string of the molecule is COc1ccc(NC(=S)Nc2ccc(C(C)C)cc2)c(C)c1. The summed E-state index contributed by atoms with van der Waals surface area (Å²) in [6, 6.07) is 14.2. The lowest BCUT2D eigenvalue weighted by atomic mass is 10.0. The number of hydrogen-bond acceptors (Lipinski definition) is 2. The van der Waals surface area contributed by atoms with Crippen molar-refractivity contribution < 1.29 is 4.74 Å². The van der Waals surface area contributed by atoms with Gasteiger partial charge >= 0.3 is 0 Å². The maximum absolute atomic E-state index is 5.37. The van der Waals surface area contributed by atoms with E-state index in [-0.39, 0.29) is 0 Å². The third kappa shape index (κ3) is 4.21. The predicted molar refractivity (Wildman–Crippen MR) is 98.1 cm³/mol. The van der Waals surface area contributed by atoms with E-state index in [4.69, 9.17) is 17.0 Å². The fraction of sp³-hybridized carbons (Fsp3) is 0.278. The Labute approximate surface area is 137 Å². The molecule has 2 rings (SSSR count). The molecule has 0 heterocycles. The van der Waals surface area contributed by atoms with E-state index in [0.717, 1.165) is 22.7 Å². The van der Waals surface area contributed by atoms with Gasteiger partial charge in [-0.2, -0.15) is 0 Å². The summed E-state index contributed by atoms with van der Waals surface area (Å²) < 4.78 is 5.20. The van der Waals surface area contributed by atoms with Crippen molar-refractivity contribution in [3.63, 3.8) is 0 Å². The molecule has 0 aliphatic rings. The molecule has 116 valence electrons. The van der Waals surface area contributed by atoms with Crippen LogP contribution in [0, 0.1) is 6.92 Å². The van der Waals surface area contributed by atoms with Gasteiger partial charge < -0.3 is 15.4 Å². The Balaban J connectivity index is 2.00. The molecule has 0 saturated carbocycles. The molecule has 0 aliphatic carbocycles. The maximum Gasteiger partial charge on any atom is 0.175 e. The quantitative estimate of drug-likeness (QED) is 0.784. The Morgan fingerprint density at radius 3 is 2.27 bits per heavy atom. The van der Waals surface area contributed by atoms with Gasteiger partial charge in [0.25, 0.3) is 0 Å². The lowest BCUT2D eigenvalue weighted by molar-refractivity contribution is 0.414. The van der Waals surface area contributed by atoms with Crippen LogP contribution in [-0.2, 0) is 0 Å². The molecule has 4 heteroatoms. The van der Waals surface area contributed by atoms with E-state index in [1.807, 2.05) is 37.3 Å². The molecule has 2 N–H and O–H groups in total. The number of ether oxygens (including phenoxy) is 1. The first-order chi connectivity index (χ1) is 10.5. The van der Waals surface area contributed by atoms with Crippen LogP contribution in [0.4, 0.5) is 11.4 Å². The monoisotopic (exact) mass is 314 g/mol. The third-order valence-corrected chi connectivity index (χ3v) is 3.72. The van der Waals surface area contributed by atoms with E-state index in [9.17, 15) is 0 Å². The molecule has 0 bridgehead atoms. The molecule has 22 heavy (non-hydrogen) atoms. The number of hydrogen-bond donors (Lipinski definition) is 2. The van der Waals surface area contributed by atoms with Crippen LogP contribution < -0.4 is 15.4 Å². The molecule has 0 radical (unpaired) electrons. The molecule has 3 nitrogen and oxygen atoms in total.